The number of carbonyl (C=O) groups is 1. The molecule has 4 heteroatoms. The van der Waals surface area contributed by atoms with E-state index in [4.69, 9.17) is 9.47 Å². The van der Waals surface area contributed by atoms with E-state index in [9.17, 15) is 4.79 Å². The van der Waals surface area contributed by atoms with Gasteiger partial charge in [-0.05, 0) is 43.5 Å². The number of ether oxygens (including phenoxy) is 2. The number of allylic oxidation sites excluding steroid dienone is 1. The fraction of sp³-hybridized carbons (Fsp3) is 0.250. The van der Waals surface area contributed by atoms with Crippen LogP contribution in [0.4, 0.5) is 5.69 Å². The average Bonchev–Trinajstić information content (AvgIpc) is 2.57. The van der Waals surface area contributed by atoms with Gasteiger partial charge in [0, 0.05) is 16.8 Å². The first-order chi connectivity index (χ1) is 11.5. The van der Waals surface area contributed by atoms with Crippen LogP contribution in [0.15, 0.2) is 43.0 Å². The Morgan fingerprint density at radius 1 is 1.17 bits per heavy atom. The van der Waals surface area contributed by atoms with Crippen LogP contribution in [0.2, 0.25) is 0 Å². The highest BCUT2D eigenvalue weighted by Gasteiger charge is 2.16. The lowest BCUT2D eigenvalue weighted by atomic mass is 10.0. The monoisotopic (exact) mass is 325 g/mol. The van der Waals surface area contributed by atoms with Crippen LogP contribution in [-0.2, 0) is 6.42 Å². The lowest BCUT2D eigenvalue weighted by Gasteiger charge is -2.15. The number of rotatable bonds is 6. The van der Waals surface area contributed by atoms with Crippen molar-refractivity contribution in [3.8, 4) is 11.5 Å². The molecular weight excluding hydrogens is 302 g/mol. The Labute approximate surface area is 143 Å². The van der Waals surface area contributed by atoms with E-state index in [1.165, 1.54) is 0 Å². The summed E-state index contributed by atoms with van der Waals surface area (Å²) in [7, 11) is 3.14. The number of hydrogen-bond donors (Lipinski definition) is 1. The van der Waals surface area contributed by atoms with E-state index in [1.807, 2.05) is 38.1 Å². The topological polar surface area (TPSA) is 47.6 Å². The van der Waals surface area contributed by atoms with Crippen molar-refractivity contribution in [1.82, 2.24) is 0 Å². The first kappa shape index (κ1) is 17.6. The van der Waals surface area contributed by atoms with Crippen molar-refractivity contribution in [1.29, 1.82) is 0 Å². The Balaban J connectivity index is 2.42. The zero-order valence-corrected chi connectivity index (χ0v) is 14.6. The van der Waals surface area contributed by atoms with E-state index in [-0.39, 0.29) is 5.91 Å². The normalized spacial score (nSPS) is 10.2. The molecule has 0 aliphatic carbocycles. The van der Waals surface area contributed by atoms with Crippen LogP contribution >= 0.6 is 0 Å². The average molecular weight is 325 g/mol. The van der Waals surface area contributed by atoms with Crippen LogP contribution in [0.3, 0.4) is 0 Å². The van der Waals surface area contributed by atoms with Gasteiger partial charge in [0.15, 0.2) is 11.5 Å². The number of para-hydroxylation sites is 1. The van der Waals surface area contributed by atoms with Gasteiger partial charge in [0.25, 0.3) is 5.91 Å². The van der Waals surface area contributed by atoms with Crippen molar-refractivity contribution < 1.29 is 14.3 Å². The van der Waals surface area contributed by atoms with Crippen molar-refractivity contribution in [2.45, 2.75) is 20.3 Å². The van der Waals surface area contributed by atoms with E-state index in [0.717, 1.165) is 22.4 Å². The number of nitrogens with one attached hydrogen (secondary N) is 1. The lowest BCUT2D eigenvalue weighted by molar-refractivity contribution is 0.102. The fourth-order valence-corrected chi connectivity index (χ4v) is 2.68. The Kier molecular flexibility index (Phi) is 5.64. The number of amides is 1. The van der Waals surface area contributed by atoms with Gasteiger partial charge in [0.2, 0.25) is 0 Å². The van der Waals surface area contributed by atoms with Gasteiger partial charge in [-0.15, -0.1) is 6.58 Å². The molecule has 4 nitrogen and oxygen atoms in total. The standard InChI is InChI=1S/C20H23NO3/c1-6-8-15-11-16(12-17(23-4)19(15)24-5)20(22)21-18-13(2)9-7-10-14(18)3/h6-7,9-12H,1,8H2,2-5H3,(H,21,22). The maximum atomic E-state index is 12.7. The third kappa shape index (κ3) is 3.59. The van der Waals surface area contributed by atoms with Gasteiger partial charge in [-0.1, -0.05) is 24.3 Å². The molecule has 0 saturated heterocycles. The highest BCUT2D eigenvalue weighted by atomic mass is 16.5. The molecule has 0 fully saturated rings. The van der Waals surface area contributed by atoms with E-state index in [2.05, 4.69) is 11.9 Å². The smallest absolute Gasteiger partial charge is 0.255 e. The second-order valence-electron chi connectivity index (χ2n) is 5.58. The SMILES string of the molecule is C=CCc1cc(C(=O)Nc2c(C)cccc2C)cc(OC)c1OC. The summed E-state index contributed by atoms with van der Waals surface area (Å²) in [6.07, 6.45) is 2.36. The number of hydrogen-bond acceptors (Lipinski definition) is 3. The highest BCUT2D eigenvalue weighted by molar-refractivity contribution is 6.05. The molecule has 1 amide bonds. The summed E-state index contributed by atoms with van der Waals surface area (Å²) in [5.41, 5.74) is 4.26. The van der Waals surface area contributed by atoms with Gasteiger partial charge in [-0.25, -0.2) is 0 Å². The Morgan fingerprint density at radius 3 is 2.38 bits per heavy atom. The Hall–Kier alpha value is -2.75. The molecule has 0 radical (unpaired) electrons. The highest BCUT2D eigenvalue weighted by Crippen LogP contribution is 2.33. The molecule has 0 aromatic heterocycles. The summed E-state index contributed by atoms with van der Waals surface area (Å²) >= 11 is 0. The summed E-state index contributed by atoms with van der Waals surface area (Å²) in [4.78, 5) is 12.7. The predicted molar refractivity (Wildman–Crippen MR) is 97.3 cm³/mol. The van der Waals surface area contributed by atoms with Crippen LogP contribution in [0, 0.1) is 13.8 Å². The van der Waals surface area contributed by atoms with Crippen LogP contribution in [0.1, 0.15) is 27.0 Å². The van der Waals surface area contributed by atoms with Gasteiger partial charge in [-0.2, -0.15) is 0 Å². The first-order valence-corrected chi connectivity index (χ1v) is 7.75. The van der Waals surface area contributed by atoms with E-state index < -0.39 is 0 Å². The second kappa shape index (κ2) is 7.68. The molecular formula is C20H23NO3. The first-order valence-electron chi connectivity index (χ1n) is 7.75. The lowest BCUT2D eigenvalue weighted by Crippen LogP contribution is -2.14. The Morgan fingerprint density at radius 2 is 1.83 bits per heavy atom. The molecule has 2 aromatic carbocycles. The zero-order chi connectivity index (χ0) is 17.7. The summed E-state index contributed by atoms with van der Waals surface area (Å²) < 4.78 is 10.8. The molecule has 24 heavy (non-hydrogen) atoms. The molecule has 0 bridgehead atoms. The fourth-order valence-electron chi connectivity index (χ4n) is 2.68. The molecule has 126 valence electrons. The summed E-state index contributed by atoms with van der Waals surface area (Å²) in [5.74, 6) is 0.975. The van der Waals surface area contributed by atoms with Crippen molar-refractivity contribution in [3.05, 3.63) is 65.2 Å². The van der Waals surface area contributed by atoms with Crippen LogP contribution in [-0.4, -0.2) is 20.1 Å². The van der Waals surface area contributed by atoms with Gasteiger partial charge in [-0.3, -0.25) is 4.79 Å². The zero-order valence-electron chi connectivity index (χ0n) is 14.6. The molecule has 0 heterocycles. The summed E-state index contributed by atoms with van der Waals surface area (Å²) in [6.45, 7) is 7.70. The van der Waals surface area contributed by atoms with E-state index in [0.29, 0.717) is 23.5 Å². The van der Waals surface area contributed by atoms with Crippen LogP contribution in [0.5, 0.6) is 11.5 Å². The Bertz CT molecular complexity index is 745. The molecule has 0 spiro atoms. The van der Waals surface area contributed by atoms with Gasteiger partial charge in [0.05, 0.1) is 14.2 Å². The van der Waals surface area contributed by atoms with Crippen LogP contribution in [0.25, 0.3) is 0 Å². The maximum absolute atomic E-state index is 12.7. The minimum Gasteiger partial charge on any atom is -0.493 e. The third-order valence-corrected chi connectivity index (χ3v) is 3.90. The van der Waals surface area contributed by atoms with Gasteiger partial charge < -0.3 is 14.8 Å². The van der Waals surface area contributed by atoms with Crippen molar-refractivity contribution in [2.75, 3.05) is 19.5 Å². The maximum Gasteiger partial charge on any atom is 0.255 e. The molecule has 0 saturated carbocycles. The third-order valence-electron chi connectivity index (χ3n) is 3.90. The van der Waals surface area contributed by atoms with Crippen molar-refractivity contribution >= 4 is 11.6 Å². The molecule has 0 atom stereocenters. The van der Waals surface area contributed by atoms with Gasteiger partial charge in [0.1, 0.15) is 0 Å². The van der Waals surface area contributed by atoms with Gasteiger partial charge >= 0.3 is 0 Å². The van der Waals surface area contributed by atoms with Crippen molar-refractivity contribution in [3.63, 3.8) is 0 Å². The van der Waals surface area contributed by atoms with E-state index >= 15 is 0 Å². The quantitative estimate of drug-likeness (QED) is 0.806. The molecule has 1 N–H and O–H groups in total. The molecule has 0 unspecified atom stereocenters. The summed E-state index contributed by atoms with van der Waals surface area (Å²) in [5, 5.41) is 2.99. The minimum atomic E-state index is -0.182. The second-order valence-corrected chi connectivity index (χ2v) is 5.58. The molecule has 0 aliphatic heterocycles. The molecule has 2 rings (SSSR count). The van der Waals surface area contributed by atoms with Crippen molar-refractivity contribution in [2.24, 2.45) is 0 Å². The largest absolute Gasteiger partial charge is 0.493 e. The number of anilines is 1. The number of carbonyl (C=O) groups excluding carboxylic acids is 1. The number of aryl methyl sites for hydroxylation is 2. The number of methoxy groups -OCH3 is 2. The van der Waals surface area contributed by atoms with Crippen LogP contribution < -0.4 is 14.8 Å². The van der Waals surface area contributed by atoms with E-state index in [1.54, 1.807) is 26.4 Å². The summed E-state index contributed by atoms with van der Waals surface area (Å²) in [6, 6.07) is 9.42. The predicted octanol–water partition coefficient (Wildman–Crippen LogP) is 4.30. The molecule has 0 aliphatic rings. The number of benzene rings is 2. The molecule has 2 aromatic rings. The minimum absolute atomic E-state index is 0.182.